The van der Waals surface area contributed by atoms with Crippen molar-refractivity contribution in [1.29, 1.82) is 0 Å². The predicted octanol–water partition coefficient (Wildman–Crippen LogP) is 20.5. The van der Waals surface area contributed by atoms with Crippen LogP contribution in [0, 0.1) is 5.92 Å². The largest absolute Gasteiger partial charge is 0.472 e. The second kappa shape index (κ2) is 64.4. The summed E-state index contributed by atoms with van der Waals surface area (Å²) in [7, 11) is -9.88. The third-order valence-corrected chi connectivity index (χ3v) is 18.4. The Bertz CT molecular complexity index is 1740. The Labute approximate surface area is 549 Å². The lowest BCUT2D eigenvalue weighted by atomic mass is 10.0. The monoisotopic (exact) mass is 1320 g/mol. The quantitative estimate of drug-likeness (QED) is 0.0222. The van der Waals surface area contributed by atoms with E-state index in [2.05, 4.69) is 34.6 Å². The van der Waals surface area contributed by atoms with E-state index in [0.29, 0.717) is 25.7 Å². The topological polar surface area (TPSA) is 237 Å². The number of carbonyl (C=O) groups excluding carboxylic acids is 4. The van der Waals surface area contributed by atoms with Gasteiger partial charge in [0.15, 0.2) is 12.2 Å². The molecule has 0 aliphatic heterocycles. The number of hydrogen-bond acceptors (Lipinski definition) is 15. The fourth-order valence-electron chi connectivity index (χ4n) is 10.8. The highest BCUT2D eigenvalue weighted by Gasteiger charge is 2.30. The van der Waals surface area contributed by atoms with Crippen molar-refractivity contribution in [2.45, 2.75) is 387 Å². The molecule has 0 rings (SSSR count). The molecule has 0 saturated carbocycles. The van der Waals surface area contributed by atoms with Gasteiger partial charge in [0.05, 0.1) is 26.4 Å². The molecule has 0 radical (unpaired) electrons. The summed E-state index contributed by atoms with van der Waals surface area (Å²) in [6.45, 7) is 7.16. The maximum atomic E-state index is 13.0. The van der Waals surface area contributed by atoms with Crippen molar-refractivity contribution in [3.8, 4) is 0 Å². The molecular formula is C71H138O17P2. The summed E-state index contributed by atoms with van der Waals surface area (Å²) in [6, 6.07) is 0. The first kappa shape index (κ1) is 88.1. The van der Waals surface area contributed by atoms with Gasteiger partial charge in [0.1, 0.15) is 19.3 Å². The molecule has 2 unspecified atom stereocenters. The number of aliphatic hydroxyl groups excluding tert-OH is 1. The molecule has 0 fully saturated rings. The zero-order valence-electron chi connectivity index (χ0n) is 58.3. The molecule has 3 N–H and O–H groups in total. The highest BCUT2D eigenvalue weighted by molar-refractivity contribution is 7.47. The number of ether oxygens (including phenoxy) is 4. The molecule has 0 aliphatic rings. The Morgan fingerprint density at radius 1 is 0.300 bits per heavy atom. The van der Waals surface area contributed by atoms with Crippen LogP contribution in [0.4, 0.5) is 0 Å². The van der Waals surface area contributed by atoms with Gasteiger partial charge in [-0.1, -0.05) is 317 Å². The second-order valence-electron chi connectivity index (χ2n) is 26.1. The summed E-state index contributed by atoms with van der Waals surface area (Å²) in [5.74, 6) is -1.33. The van der Waals surface area contributed by atoms with Gasteiger partial charge in [-0.25, -0.2) is 9.13 Å². The van der Waals surface area contributed by atoms with E-state index in [4.69, 9.17) is 37.0 Å². The molecule has 0 amide bonds. The minimum Gasteiger partial charge on any atom is -0.462 e. The molecule has 17 nitrogen and oxygen atoms in total. The molecular weight excluding hydrogens is 1190 g/mol. The van der Waals surface area contributed by atoms with E-state index >= 15 is 0 Å². The predicted molar refractivity (Wildman–Crippen MR) is 363 cm³/mol. The standard InChI is InChI=1S/C71H138O17P2/c1-6-9-12-15-17-19-20-21-22-23-24-25-28-32-35-38-42-47-52-57-71(76)88-67(61-82-69(74)55-50-45-41-37-34-31-29-26-27-30-33-36-39-44-48-53-64(4)5)63-86-90(79,80)84-59-65(72)58-83-89(77,78)85-62-66(60-81-68(73)54-49-43-14-11-8-3)87-70(75)56-51-46-40-18-16-13-10-7-2/h64-67,72H,6-63H2,1-5H3,(H,77,78)(H,79,80)/t65-,66+,67+/m0/s1. The molecule has 534 valence electrons. The molecule has 90 heavy (non-hydrogen) atoms. The van der Waals surface area contributed by atoms with Crippen molar-refractivity contribution < 1.29 is 80.2 Å². The van der Waals surface area contributed by atoms with Gasteiger partial charge < -0.3 is 33.8 Å². The number of carbonyl (C=O) groups is 4. The van der Waals surface area contributed by atoms with Gasteiger partial charge >= 0.3 is 39.5 Å². The number of phosphoric ester groups is 2. The Hall–Kier alpha value is -1.94. The highest BCUT2D eigenvalue weighted by atomic mass is 31.2. The lowest BCUT2D eigenvalue weighted by Crippen LogP contribution is -2.30. The van der Waals surface area contributed by atoms with E-state index in [1.165, 1.54) is 180 Å². The number of esters is 4. The lowest BCUT2D eigenvalue weighted by molar-refractivity contribution is -0.161. The number of unbranched alkanes of at least 4 members (excludes halogenated alkanes) is 43. The van der Waals surface area contributed by atoms with Gasteiger partial charge in [-0.05, 0) is 31.6 Å². The van der Waals surface area contributed by atoms with Crippen LogP contribution in [0.15, 0.2) is 0 Å². The smallest absolute Gasteiger partial charge is 0.462 e. The Kier molecular flexibility index (Phi) is 63.0. The van der Waals surface area contributed by atoms with Gasteiger partial charge in [-0.15, -0.1) is 0 Å². The summed E-state index contributed by atoms with van der Waals surface area (Å²) in [5, 5.41) is 10.5. The van der Waals surface area contributed by atoms with Crippen molar-refractivity contribution in [3.05, 3.63) is 0 Å². The average molecular weight is 1330 g/mol. The number of rotatable bonds is 71. The van der Waals surface area contributed by atoms with E-state index in [9.17, 15) is 43.2 Å². The fraction of sp³-hybridized carbons (Fsp3) is 0.944. The molecule has 0 spiro atoms. The maximum absolute atomic E-state index is 13.0. The first-order chi connectivity index (χ1) is 43.5. The van der Waals surface area contributed by atoms with Crippen molar-refractivity contribution >= 4 is 39.5 Å². The summed E-state index contributed by atoms with van der Waals surface area (Å²) in [6.07, 6.45) is 52.0. The molecule has 0 heterocycles. The highest BCUT2D eigenvalue weighted by Crippen LogP contribution is 2.45. The fourth-order valence-corrected chi connectivity index (χ4v) is 12.4. The summed E-state index contributed by atoms with van der Waals surface area (Å²) in [5.41, 5.74) is 0. The summed E-state index contributed by atoms with van der Waals surface area (Å²) in [4.78, 5) is 72.2. The van der Waals surface area contributed by atoms with Crippen LogP contribution in [0.1, 0.15) is 369 Å². The van der Waals surface area contributed by atoms with Gasteiger partial charge in [-0.2, -0.15) is 0 Å². The molecule has 0 aromatic carbocycles. The zero-order valence-corrected chi connectivity index (χ0v) is 60.1. The Morgan fingerprint density at radius 3 is 0.756 bits per heavy atom. The first-order valence-corrected chi connectivity index (χ1v) is 40.1. The van der Waals surface area contributed by atoms with Crippen molar-refractivity contribution in [1.82, 2.24) is 0 Å². The minimum atomic E-state index is -4.95. The molecule has 19 heteroatoms. The van der Waals surface area contributed by atoms with Crippen molar-refractivity contribution in [2.75, 3.05) is 39.6 Å². The zero-order chi connectivity index (χ0) is 66.3. The average Bonchev–Trinajstić information content (AvgIpc) is 3.18. The van der Waals surface area contributed by atoms with Gasteiger partial charge in [-0.3, -0.25) is 37.3 Å². The van der Waals surface area contributed by atoms with E-state index in [0.717, 1.165) is 109 Å². The van der Waals surface area contributed by atoms with Crippen LogP contribution >= 0.6 is 15.6 Å². The molecule has 0 aromatic heterocycles. The lowest BCUT2D eigenvalue weighted by Gasteiger charge is -2.21. The normalized spacial score (nSPS) is 14.1. The molecule has 0 aliphatic carbocycles. The van der Waals surface area contributed by atoms with Crippen LogP contribution < -0.4 is 0 Å². The summed E-state index contributed by atoms with van der Waals surface area (Å²) >= 11 is 0. The third kappa shape index (κ3) is 64.8. The van der Waals surface area contributed by atoms with Gasteiger partial charge in [0.25, 0.3) is 0 Å². The van der Waals surface area contributed by atoms with Crippen molar-refractivity contribution in [3.63, 3.8) is 0 Å². The van der Waals surface area contributed by atoms with Gasteiger partial charge in [0, 0.05) is 25.7 Å². The Balaban J connectivity index is 5.10. The van der Waals surface area contributed by atoms with Crippen LogP contribution in [0.2, 0.25) is 0 Å². The maximum Gasteiger partial charge on any atom is 0.472 e. The summed E-state index contributed by atoms with van der Waals surface area (Å²) < 4.78 is 68.0. The van der Waals surface area contributed by atoms with Crippen LogP contribution in [0.3, 0.4) is 0 Å². The number of aliphatic hydroxyl groups is 1. The second-order valence-corrected chi connectivity index (χ2v) is 29.0. The third-order valence-electron chi connectivity index (χ3n) is 16.5. The van der Waals surface area contributed by atoms with E-state index in [-0.39, 0.29) is 25.7 Å². The Morgan fingerprint density at radius 2 is 0.511 bits per heavy atom. The van der Waals surface area contributed by atoms with Crippen LogP contribution in [0.25, 0.3) is 0 Å². The number of hydrogen-bond donors (Lipinski definition) is 3. The van der Waals surface area contributed by atoms with E-state index in [1.54, 1.807) is 0 Å². The van der Waals surface area contributed by atoms with E-state index < -0.39 is 97.5 Å². The molecule has 0 bridgehead atoms. The first-order valence-electron chi connectivity index (χ1n) is 37.1. The van der Waals surface area contributed by atoms with Crippen molar-refractivity contribution in [2.24, 2.45) is 5.92 Å². The van der Waals surface area contributed by atoms with E-state index in [1.807, 2.05) is 0 Å². The van der Waals surface area contributed by atoms with Crippen LogP contribution in [-0.2, 0) is 65.4 Å². The minimum absolute atomic E-state index is 0.104. The SMILES string of the molecule is CCCCCCCCCCCCCCCCCCCCCC(=O)O[C@H](COC(=O)CCCCCCCCCCCCCCCCCC(C)C)COP(=O)(O)OC[C@@H](O)COP(=O)(O)OC[C@@H](COC(=O)CCCCCCC)OC(=O)CCCCCCCCCC. The molecule has 0 aromatic rings. The molecule has 0 saturated heterocycles. The molecule has 5 atom stereocenters. The number of phosphoric acid groups is 2. The van der Waals surface area contributed by atoms with Crippen LogP contribution in [-0.4, -0.2) is 96.7 Å². The van der Waals surface area contributed by atoms with Crippen LogP contribution in [0.5, 0.6) is 0 Å². The van der Waals surface area contributed by atoms with Gasteiger partial charge in [0.2, 0.25) is 0 Å².